The Bertz CT molecular complexity index is 528. The predicted molar refractivity (Wildman–Crippen MR) is 74.5 cm³/mol. The highest BCUT2D eigenvalue weighted by Crippen LogP contribution is 2.08. The highest BCUT2D eigenvalue weighted by Gasteiger charge is 2.17. The van der Waals surface area contributed by atoms with E-state index in [0.717, 1.165) is 0 Å². The van der Waals surface area contributed by atoms with Crippen molar-refractivity contribution in [3.8, 4) is 0 Å². The summed E-state index contributed by atoms with van der Waals surface area (Å²) in [6.45, 7) is 0. The number of nitrogens with zero attached hydrogens (tertiary/aromatic N) is 1. The largest absolute Gasteiger partial charge is 0.304 e. The number of amides is 2. The number of benzene rings is 1. The lowest BCUT2D eigenvalue weighted by molar-refractivity contribution is -0.116. The molecule has 0 spiro atoms. The van der Waals surface area contributed by atoms with Crippen LogP contribution in [0.25, 0.3) is 0 Å². The highest BCUT2D eigenvalue weighted by atomic mass is 32.2. The second-order valence-corrected chi connectivity index (χ2v) is 4.73. The minimum Gasteiger partial charge on any atom is -0.304 e. The van der Waals surface area contributed by atoms with Crippen LogP contribution in [0.2, 0.25) is 0 Å². The van der Waals surface area contributed by atoms with Crippen molar-refractivity contribution < 1.29 is 9.59 Å². The van der Waals surface area contributed by atoms with Crippen molar-refractivity contribution in [2.24, 2.45) is 4.99 Å². The van der Waals surface area contributed by atoms with Crippen LogP contribution in [0.4, 0.5) is 0 Å². The quantitative estimate of drug-likeness (QED) is 0.750. The molecule has 2 N–H and O–H groups in total. The summed E-state index contributed by atoms with van der Waals surface area (Å²) in [7, 11) is 0. The Morgan fingerprint density at radius 2 is 2.11 bits per heavy atom. The first-order chi connectivity index (χ1) is 8.65. The molecule has 1 fully saturated rings. The zero-order valence-electron chi connectivity index (χ0n) is 9.17. The molecule has 1 aromatic rings. The van der Waals surface area contributed by atoms with Gasteiger partial charge in [0.2, 0.25) is 11.0 Å². The summed E-state index contributed by atoms with van der Waals surface area (Å²) in [6.07, 6.45) is 0. The molecule has 0 aromatic heterocycles. The molecule has 18 heavy (non-hydrogen) atoms. The number of carbonyl (C=O) groups is 2. The van der Waals surface area contributed by atoms with Crippen molar-refractivity contribution in [3.63, 3.8) is 0 Å². The van der Waals surface area contributed by atoms with Crippen molar-refractivity contribution in [1.82, 2.24) is 10.6 Å². The fourth-order valence-corrected chi connectivity index (χ4v) is 2.19. The Labute approximate surface area is 113 Å². The van der Waals surface area contributed by atoms with E-state index in [-0.39, 0.29) is 16.9 Å². The number of thioether (sulfide) groups is 1. The Kier molecular flexibility index (Phi) is 4.06. The highest BCUT2D eigenvalue weighted by molar-refractivity contribution is 8.15. The molecule has 5 nitrogen and oxygen atoms in total. The third-order valence-electron chi connectivity index (χ3n) is 2.05. The Morgan fingerprint density at radius 3 is 2.72 bits per heavy atom. The number of thiocarbonyl (C=S) groups is 1. The monoisotopic (exact) mass is 279 g/mol. The van der Waals surface area contributed by atoms with Crippen LogP contribution in [-0.4, -0.2) is 27.8 Å². The van der Waals surface area contributed by atoms with Gasteiger partial charge >= 0.3 is 0 Å². The molecule has 1 aliphatic heterocycles. The molecule has 0 unspecified atom stereocenters. The van der Waals surface area contributed by atoms with Crippen molar-refractivity contribution >= 4 is 46.1 Å². The minimum absolute atomic E-state index is 0.0357. The van der Waals surface area contributed by atoms with Crippen LogP contribution in [0.3, 0.4) is 0 Å². The molecule has 0 radical (unpaired) electrons. The summed E-state index contributed by atoms with van der Waals surface area (Å²) in [5.41, 5.74) is 0.503. The molecule has 1 heterocycles. The van der Waals surface area contributed by atoms with Gasteiger partial charge in [-0.3, -0.25) is 14.9 Å². The predicted octanol–water partition coefficient (Wildman–Crippen LogP) is 0.920. The summed E-state index contributed by atoms with van der Waals surface area (Å²) in [6, 6.07) is 8.70. The van der Waals surface area contributed by atoms with E-state index in [1.165, 1.54) is 11.8 Å². The number of nitrogens with one attached hydrogen (secondary N) is 2. The van der Waals surface area contributed by atoms with Crippen molar-refractivity contribution in [2.45, 2.75) is 0 Å². The van der Waals surface area contributed by atoms with Gasteiger partial charge in [0.15, 0.2) is 5.17 Å². The molecule has 0 bridgehead atoms. The second-order valence-electron chi connectivity index (χ2n) is 3.38. The van der Waals surface area contributed by atoms with Gasteiger partial charge < -0.3 is 5.32 Å². The lowest BCUT2D eigenvalue weighted by Crippen LogP contribution is -2.30. The number of rotatable bonds is 1. The fraction of sp³-hybridized carbons (Fsp3) is 0.0909. The maximum Gasteiger partial charge on any atom is 0.257 e. The summed E-state index contributed by atoms with van der Waals surface area (Å²) in [5, 5.41) is 5.46. The Hall–Kier alpha value is -1.73. The van der Waals surface area contributed by atoms with Gasteiger partial charge in [0, 0.05) is 5.56 Å². The number of carbonyl (C=O) groups excluding carboxylic acids is 2. The average molecular weight is 279 g/mol. The molecule has 0 aliphatic carbocycles. The third kappa shape index (κ3) is 3.38. The summed E-state index contributed by atoms with van der Waals surface area (Å²) < 4.78 is 0. The molecule has 0 atom stereocenters. The summed E-state index contributed by atoms with van der Waals surface area (Å²) >= 11 is 6.17. The van der Waals surface area contributed by atoms with Crippen LogP contribution in [-0.2, 0) is 4.79 Å². The first-order valence-electron chi connectivity index (χ1n) is 5.07. The fourth-order valence-electron chi connectivity index (χ4n) is 1.26. The topological polar surface area (TPSA) is 70.6 Å². The van der Waals surface area contributed by atoms with Gasteiger partial charge in [-0.25, -0.2) is 0 Å². The second kappa shape index (κ2) is 5.74. The van der Waals surface area contributed by atoms with Gasteiger partial charge in [-0.2, -0.15) is 4.99 Å². The van der Waals surface area contributed by atoms with E-state index in [1.54, 1.807) is 24.3 Å². The number of hydrogen-bond acceptors (Lipinski definition) is 4. The maximum atomic E-state index is 11.7. The molecule has 1 saturated heterocycles. The van der Waals surface area contributed by atoms with E-state index >= 15 is 0 Å². The molecule has 2 rings (SSSR count). The van der Waals surface area contributed by atoms with Crippen LogP contribution in [0.15, 0.2) is 35.3 Å². The van der Waals surface area contributed by atoms with Gasteiger partial charge in [-0.15, -0.1) is 0 Å². The first kappa shape index (κ1) is 12.7. The first-order valence-corrected chi connectivity index (χ1v) is 6.46. The zero-order chi connectivity index (χ0) is 13.0. The van der Waals surface area contributed by atoms with Crippen molar-refractivity contribution in [3.05, 3.63) is 35.9 Å². The van der Waals surface area contributed by atoms with Gasteiger partial charge in [0.25, 0.3) is 5.91 Å². The lowest BCUT2D eigenvalue weighted by Gasteiger charge is -2.03. The van der Waals surface area contributed by atoms with E-state index in [2.05, 4.69) is 15.6 Å². The molecular weight excluding hydrogens is 270 g/mol. The average Bonchev–Trinajstić information content (AvgIpc) is 2.75. The van der Waals surface area contributed by atoms with E-state index < -0.39 is 0 Å². The standard InChI is InChI=1S/C11H9N3O2S2/c15-8-6-18-11(12-8)14-10(17)13-9(16)7-4-2-1-3-5-7/h1-5H,6H2,(H2,12,13,14,15,16,17). The molecule has 1 aliphatic rings. The number of amidine groups is 1. The minimum atomic E-state index is -0.320. The summed E-state index contributed by atoms with van der Waals surface area (Å²) in [5.74, 6) is -0.108. The summed E-state index contributed by atoms with van der Waals surface area (Å²) in [4.78, 5) is 26.6. The SMILES string of the molecule is O=C1CS/C(=N/C(=S)NC(=O)c2ccccc2)N1. The van der Waals surface area contributed by atoms with Crippen LogP contribution < -0.4 is 10.6 Å². The van der Waals surface area contributed by atoms with Crippen LogP contribution in [0.1, 0.15) is 10.4 Å². The van der Waals surface area contributed by atoms with Crippen LogP contribution in [0.5, 0.6) is 0 Å². The van der Waals surface area contributed by atoms with E-state index in [0.29, 0.717) is 16.5 Å². The van der Waals surface area contributed by atoms with Gasteiger partial charge in [-0.1, -0.05) is 30.0 Å². The number of aliphatic imine (C=N–C) groups is 1. The smallest absolute Gasteiger partial charge is 0.257 e. The molecule has 0 saturated carbocycles. The van der Waals surface area contributed by atoms with Crippen LogP contribution >= 0.6 is 24.0 Å². The van der Waals surface area contributed by atoms with E-state index in [9.17, 15) is 9.59 Å². The molecule has 7 heteroatoms. The van der Waals surface area contributed by atoms with Crippen LogP contribution in [0, 0.1) is 0 Å². The van der Waals surface area contributed by atoms with Crippen molar-refractivity contribution in [1.29, 1.82) is 0 Å². The zero-order valence-corrected chi connectivity index (χ0v) is 10.8. The molecular formula is C11H9N3O2S2. The Morgan fingerprint density at radius 1 is 1.39 bits per heavy atom. The normalized spacial score (nSPS) is 16.4. The maximum absolute atomic E-state index is 11.7. The molecule has 2 amide bonds. The van der Waals surface area contributed by atoms with Gasteiger partial charge in [0.1, 0.15) is 0 Å². The van der Waals surface area contributed by atoms with Crippen molar-refractivity contribution in [2.75, 3.05) is 5.75 Å². The van der Waals surface area contributed by atoms with Gasteiger partial charge in [0.05, 0.1) is 5.75 Å². The third-order valence-corrected chi connectivity index (χ3v) is 3.11. The van der Waals surface area contributed by atoms with E-state index in [1.807, 2.05) is 6.07 Å². The molecule has 1 aromatic carbocycles. The molecule has 92 valence electrons. The Balaban J connectivity index is 1.96. The van der Waals surface area contributed by atoms with Gasteiger partial charge in [-0.05, 0) is 24.4 Å². The number of hydrogen-bond donors (Lipinski definition) is 2. The van der Waals surface area contributed by atoms with E-state index in [4.69, 9.17) is 12.2 Å². The lowest BCUT2D eigenvalue weighted by atomic mass is 10.2.